The van der Waals surface area contributed by atoms with Gasteiger partial charge in [-0.2, -0.15) is 0 Å². The molecule has 0 spiro atoms. The molecule has 1 aromatic rings. The number of carbonyl (C=O) groups excluding carboxylic acids is 1. The van der Waals surface area contributed by atoms with E-state index >= 15 is 0 Å². The lowest BCUT2D eigenvalue weighted by atomic mass is 10.1. The Labute approximate surface area is 104 Å². The van der Waals surface area contributed by atoms with Crippen LogP contribution in [0.3, 0.4) is 0 Å². The number of alkyl halides is 1. The van der Waals surface area contributed by atoms with Gasteiger partial charge in [0.25, 0.3) is 5.91 Å². The van der Waals surface area contributed by atoms with Crippen molar-refractivity contribution in [2.75, 3.05) is 13.1 Å². The van der Waals surface area contributed by atoms with Crippen LogP contribution in [0, 0.1) is 6.92 Å². The highest BCUT2D eigenvalue weighted by molar-refractivity contribution is 9.09. The first-order chi connectivity index (χ1) is 7.66. The molecule has 3 nitrogen and oxygen atoms in total. The molecule has 1 saturated heterocycles. The third-order valence-electron chi connectivity index (χ3n) is 2.86. The third-order valence-corrected chi connectivity index (χ3v) is 3.77. The van der Waals surface area contributed by atoms with E-state index in [2.05, 4.69) is 20.9 Å². The standard InChI is InChI=1S/C12H15BrN2O/c1-9-8-10(2-5-14-9)12(16)15-6-3-11(13)4-7-15/h2,5,8,11H,3-4,6-7H2,1H3. The molecule has 1 aromatic heterocycles. The number of likely N-dealkylation sites (tertiary alicyclic amines) is 1. The van der Waals surface area contributed by atoms with Gasteiger partial charge in [-0.25, -0.2) is 0 Å². The summed E-state index contributed by atoms with van der Waals surface area (Å²) in [5.41, 5.74) is 1.64. The molecule has 0 atom stereocenters. The number of piperidine rings is 1. The van der Waals surface area contributed by atoms with Gasteiger partial charge in [-0.1, -0.05) is 15.9 Å². The summed E-state index contributed by atoms with van der Waals surface area (Å²) in [5, 5.41) is 0. The summed E-state index contributed by atoms with van der Waals surface area (Å²) < 4.78 is 0. The first kappa shape index (κ1) is 11.6. The zero-order chi connectivity index (χ0) is 11.5. The van der Waals surface area contributed by atoms with Gasteiger partial charge in [0.2, 0.25) is 0 Å². The van der Waals surface area contributed by atoms with E-state index in [1.54, 1.807) is 12.3 Å². The molecular weight excluding hydrogens is 268 g/mol. The Morgan fingerprint density at radius 2 is 2.19 bits per heavy atom. The summed E-state index contributed by atoms with van der Waals surface area (Å²) in [6, 6.07) is 3.64. The number of aromatic nitrogens is 1. The fourth-order valence-electron chi connectivity index (χ4n) is 1.91. The Kier molecular flexibility index (Phi) is 3.59. The van der Waals surface area contributed by atoms with Crippen LogP contribution < -0.4 is 0 Å². The molecule has 86 valence electrons. The second-order valence-corrected chi connectivity index (χ2v) is 5.45. The van der Waals surface area contributed by atoms with Crippen molar-refractivity contribution >= 4 is 21.8 Å². The first-order valence-corrected chi connectivity index (χ1v) is 6.44. The topological polar surface area (TPSA) is 33.2 Å². The van der Waals surface area contributed by atoms with Crippen LogP contribution in [0.25, 0.3) is 0 Å². The van der Waals surface area contributed by atoms with E-state index in [1.807, 2.05) is 17.9 Å². The zero-order valence-corrected chi connectivity index (χ0v) is 10.9. The quantitative estimate of drug-likeness (QED) is 0.741. The van der Waals surface area contributed by atoms with E-state index in [-0.39, 0.29) is 5.91 Å². The maximum atomic E-state index is 12.1. The zero-order valence-electron chi connectivity index (χ0n) is 9.32. The summed E-state index contributed by atoms with van der Waals surface area (Å²) in [6.07, 6.45) is 3.77. The molecule has 0 aliphatic carbocycles. The second-order valence-electron chi connectivity index (χ2n) is 4.15. The summed E-state index contributed by atoms with van der Waals surface area (Å²) >= 11 is 3.58. The van der Waals surface area contributed by atoms with Crippen LogP contribution in [0.1, 0.15) is 28.9 Å². The van der Waals surface area contributed by atoms with Crippen LogP contribution in [-0.4, -0.2) is 33.7 Å². The van der Waals surface area contributed by atoms with Crippen molar-refractivity contribution < 1.29 is 4.79 Å². The number of pyridine rings is 1. The molecule has 0 unspecified atom stereocenters. The lowest BCUT2D eigenvalue weighted by Crippen LogP contribution is -2.38. The van der Waals surface area contributed by atoms with Crippen LogP contribution in [0.4, 0.5) is 0 Å². The Hall–Kier alpha value is -0.900. The highest BCUT2D eigenvalue weighted by Crippen LogP contribution is 2.19. The van der Waals surface area contributed by atoms with E-state index < -0.39 is 0 Å². The van der Waals surface area contributed by atoms with Crippen molar-refractivity contribution in [3.63, 3.8) is 0 Å². The Morgan fingerprint density at radius 1 is 1.50 bits per heavy atom. The van der Waals surface area contributed by atoms with Gasteiger partial charge in [0.1, 0.15) is 0 Å². The summed E-state index contributed by atoms with van der Waals surface area (Å²) in [7, 11) is 0. The van der Waals surface area contributed by atoms with Crippen molar-refractivity contribution in [2.45, 2.75) is 24.6 Å². The second kappa shape index (κ2) is 4.95. The molecule has 2 rings (SSSR count). The third kappa shape index (κ3) is 2.61. The van der Waals surface area contributed by atoms with Crippen LogP contribution >= 0.6 is 15.9 Å². The van der Waals surface area contributed by atoms with Gasteiger partial charge < -0.3 is 4.90 Å². The van der Waals surface area contributed by atoms with Gasteiger partial charge in [0, 0.05) is 35.4 Å². The van der Waals surface area contributed by atoms with Crippen molar-refractivity contribution in [3.05, 3.63) is 29.6 Å². The van der Waals surface area contributed by atoms with Gasteiger partial charge in [0.15, 0.2) is 0 Å². The summed E-state index contributed by atoms with van der Waals surface area (Å²) in [6.45, 7) is 3.59. The van der Waals surface area contributed by atoms with Crippen molar-refractivity contribution in [3.8, 4) is 0 Å². The van der Waals surface area contributed by atoms with Crippen LogP contribution in [0.15, 0.2) is 18.3 Å². The molecule has 0 aromatic carbocycles. The van der Waals surface area contributed by atoms with Crippen molar-refractivity contribution in [2.24, 2.45) is 0 Å². The van der Waals surface area contributed by atoms with Crippen molar-refractivity contribution in [1.29, 1.82) is 0 Å². The molecule has 0 saturated carbocycles. The number of rotatable bonds is 1. The maximum absolute atomic E-state index is 12.1. The lowest BCUT2D eigenvalue weighted by Gasteiger charge is -2.29. The number of carbonyl (C=O) groups is 1. The van der Waals surface area contributed by atoms with Crippen LogP contribution in [0.2, 0.25) is 0 Å². The molecular formula is C12H15BrN2O. The molecule has 4 heteroatoms. The Balaban J connectivity index is 2.08. The molecule has 1 fully saturated rings. The fourth-order valence-corrected chi connectivity index (χ4v) is 2.32. The van der Waals surface area contributed by atoms with E-state index in [0.717, 1.165) is 37.2 Å². The summed E-state index contributed by atoms with van der Waals surface area (Å²) in [4.78, 5) is 18.7. The predicted molar refractivity (Wildman–Crippen MR) is 66.8 cm³/mol. The molecule has 1 aliphatic rings. The predicted octanol–water partition coefficient (Wildman–Crippen LogP) is 2.39. The molecule has 16 heavy (non-hydrogen) atoms. The van der Waals surface area contributed by atoms with Gasteiger partial charge in [0.05, 0.1) is 0 Å². The maximum Gasteiger partial charge on any atom is 0.253 e. The number of aryl methyl sites for hydroxylation is 1. The highest BCUT2D eigenvalue weighted by atomic mass is 79.9. The average Bonchev–Trinajstić information content (AvgIpc) is 2.29. The lowest BCUT2D eigenvalue weighted by molar-refractivity contribution is 0.0728. The first-order valence-electron chi connectivity index (χ1n) is 5.53. The van der Waals surface area contributed by atoms with Gasteiger partial charge in [-0.05, 0) is 31.9 Å². The SMILES string of the molecule is Cc1cc(C(=O)N2CCC(Br)CC2)ccn1. The normalized spacial score (nSPS) is 17.5. The van der Waals surface area contributed by atoms with E-state index in [4.69, 9.17) is 0 Å². The van der Waals surface area contributed by atoms with Gasteiger partial charge in [-0.15, -0.1) is 0 Å². The fraction of sp³-hybridized carbons (Fsp3) is 0.500. The Bertz CT molecular complexity index is 386. The molecule has 1 amide bonds. The van der Waals surface area contributed by atoms with Gasteiger partial charge >= 0.3 is 0 Å². The minimum absolute atomic E-state index is 0.130. The number of hydrogen-bond acceptors (Lipinski definition) is 2. The molecule has 0 radical (unpaired) electrons. The number of halogens is 1. The Morgan fingerprint density at radius 3 is 2.81 bits per heavy atom. The highest BCUT2D eigenvalue weighted by Gasteiger charge is 2.21. The largest absolute Gasteiger partial charge is 0.339 e. The van der Waals surface area contributed by atoms with Gasteiger partial charge in [-0.3, -0.25) is 9.78 Å². The van der Waals surface area contributed by atoms with Crippen molar-refractivity contribution in [1.82, 2.24) is 9.88 Å². The molecule has 2 heterocycles. The minimum atomic E-state index is 0.130. The van der Waals surface area contributed by atoms with E-state index in [9.17, 15) is 4.79 Å². The number of nitrogens with zero attached hydrogens (tertiary/aromatic N) is 2. The summed E-state index contributed by atoms with van der Waals surface area (Å²) in [5.74, 6) is 0.130. The molecule has 1 aliphatic heterocycles. The number of hydrogen-bond donors (Lipinski definition) is 0. The van der Waals surface area contributed by atoms with Crippen LogP contribution in [0.5, 0.6) is 0 Å². The molecule has 0 bridgehead atoms. The van der Waals surface area contributed by atoms with E-state index in [0.29, 0.717) is 4.83 Å². The minimum Gasteiger partial charge on any atom is -0.339 e. The molecule has 0 N–H and O–H groups in total. The van der Waals surface area contributed by atoms with Crippen LogP contribution in [-0.2, 0) is 0 Å². The monoisotopic (exact) mass is 282 g/mol. The average molecular weight is 283 g/mol. The smallest absolute Gasteiger partial charge is 0.253 e. The van der Waals surface area contributed by atoms with E-state index in [1.165, 1.54) is 0 Å². The number of amides is 1.